The summed E-state index contributed by atoms with van der Waals surface area (Å²) in [5.74, 6) is 1.46. The fourth-order valence-corrected chi connectivity index (χ4v) is 2.54. The second kappa shape index (κ2) is 8.75. The SMILES string of the molecule is Cc1c(OC(C)C)c2ccccc2oc1=O.Cc1cc(OC(C)C)n(C)n1. The maximum Gasteiger partial charge on any atom is 0.342 e. The Morgan fingerprint density at radius 3 is 2.22 bits per heavy atom. The first-order valence-electron chi connectivity index (χ1n) is 9.05. The zero-order valence-corrected chi connectivity index (χ0v) is 17.1. The largest absolute Gasteiger partial charge is 0.490 e. The minimum atomic E-state index is -0.339. The van der Waals surface area contributed by atoms with E-state index in [1.165, 1.54) is 0 Å². The maximum atomic E-state index is 11.6. The van der Waals surface area contributed by atoms with Gasteiger partial charge in [-0.2, -0.15) is 5.10 Å². The van der Waals surface area contributed by atoms with Gasteiger partial charge in [0, 0.05) is 13.1 Å². The van der Waals surface area contributed by atoms with Crippen molar-refractivity contribution in [2.24, 2.45) is 7.05 Å². The summed E-state index contributed by atoms with van der Waals surface area (Å²) >= 11 is 0. The van der Waals surface area contributed by atoms with Crippen LogP contribution in [-0.4, -0.2) is 22.0 Å². The molecule has 0 aliphatic carbocycles. The summed E-state index contributed by atoms with van der Waals surface area (Å²) in [5.41, 5.74) is 1.73. The molecule has 0 spiro atoms. The molecule has 0 saturated heterocycles. The Balaban J connectivity index is 0.000000208. The summed E-state index contributed by atoms with van der Waals surface area (Å²) in [6.07, 6.45) is 0.244. The molecule has 0 fully saturated rings. The number of aryl methyl sites for hydroxylation is 2. The summed E-state index contributed by atoms with van der Waals surface area (Å²) in [6, 6.07) is 9.32. The van der Waals surface area contributed by atoms with Crippen LogP contribution in [0.4, 0.5) is 0 Å². The van der Waals surface area contributed by atoms with Crippen molar-refractivity contribution in [2.75, 3.05) is 0 Å². The number of ether oxygens (including phenoxy) is 2. The highest BCUT2D eigenvalue weighted by atomic mass is 16.5. The van der Waals surface area contributed by atoms with E-state index in [4.69, 9.17) is 13.9 Å². The van der Waals surface area contributed by atoms with Crippen molar-refractivity contribution < 1.29 is 13.9 Å². The number of aromatic nitrogens is 2. The van der Waals surface area contributed by atoms with E-state index in [1.807, 2.05) is 65.9 Å². The van der Waals surface area contributed by atoms with Crippen molar-refractivity contribution in [1.29, 1.82) is 0 Å². The highest BCUT2D eigenvalue weighted by molar-refractivity contribution is 5.84. The third-order valence-corrected chi connectivity index (χ3v) is 3.65. The van der Waals surface area contributed by atoms with Gasteiger partial charge in [0.25, 0.3) is 0 Å². The lowest BCUT2D eigenvalue weighted by molar-refractivity contribution is 0.221. The minimum Gasteiger partial charge on any atom is -0.490 e. The molecule has 3 aromatic rings. The molecule has 0 aliphatic rings. The minimum absolute atomic E-state index is 0.0314. The molecule has 6 heteroatoms. The van der Waals surface area contributed by atoms with Crippen molar-refractivity contribution in [3.8, 4) is 11.6 Å². The average Bonchev–Trinajstić information content (AvgIpc) is 2.89. The third kappa shape index (κ3) is 5.36. The Labute approximate surface area is 159 Å². The van der Waals surface area contributed by atoms with Crippen LogP contribution in [0.3, 0.4) is 0 Å². The highest BCUT2D eigenvalue weighted by Crippen LogP contribution is 2.27. The first-order chi connectivity index (χ1) is 12.7. The number of para-hydroxylation sites is 1. The Hall–Kier alpha value is -2.76. The second-order valence-corrected chi connectivity index (χ2v) is 6.92. The predicted octanol–water partition coefficient (Wildman–Crippen LogP) is 4.40. The molecule has 0 saturated carbocycles. The van der Waals surface area contributed by atoms with Gasteiger partial charge in [-0.25, -0.2) is 9.48 Å². The molecule has 0 unspecified atom stereocenters. The Morgan fingerprint density at radius 1 is 1.04 bits per heavy atom. The molecule has 3 rings (SSSR count). The molecule has 0 N–H and O–H groups in total. The van der Waals surface area contributed by atoms with Gasteiger partial charge in [-0.15, -0.1) is 0 Å². The van der Waals surface area contributed by atoms with Gasteiger partial charge in [0.2, 0.25) is 5.88 Å². The van der Waals surface area contributed by atoms with Crippen molar-refractivity contribution in [1.82, 2.24) is 9.78 Å². The van der Waals surface area contributed by atoms with Gasteiger partial charge in [-0.1, -0.05) is 12.1 Å². The molecular weight excluding hydrogens is 344 g/mol. The number of nitrogens with zero attached hydrogens (tertiary/aromatic N) is 2. The van der Waals surface area contributed by atoms with Crippen molar-refractivity contribution >= 4 is 11.0 Å². The molecule has 0 atom stereocenters. The Kier molecular flexibility index (Phi) is 6.66. The van der Waals surface area contributed by atoms with Crippen LogP contribution < -0.4 is 15.1 Å². The first-order valence-corrected chi connectivity index (χ1v) is 9.05. The molecule has 0 amide bonds. The molecule has 0 bridgehead atoms. The van der Waals surface area contributed by atoms with E-state index in [2.05, 4.69) is 5.10 Å². The van der Waals surface area contributed by atoms with Crippen molar-refractivity contribution in [2.45, 2.75) is 53.8 Å². The standard InChI is InChI=1S/C13H14O3.C8H14N2O/c1-8(2)15-12-9(3)13(14)16-11-7-5-4-6-10(11)12;1-6(2)11-8-5-7(3)9-10(8)4/h4-8H,1-3H3;5-6H,1-4H3. The molecular formula is C21H28N2O4. The van der Waals surface area contributed by atoms with E-state index in [0.29, 0.717) is 16.9 Å². The average molecular weight is 372 g/mol. The van der Waals surface area contributed by atoms with Gasteiger partial charge in [-0.3, -0.25) is 0 Å². The number of rotatable bonds is 4. The van der Waals surface area contributed by atoms with Gasteiger partial charge < -0.3 is 13.9 Å². The van der Waals surface area contributed by atoms with E-state index in [-0.39, 0.29) is 17.8 Å². The number of hydrogen-bond acceptors (Lipinski definition) is 5. The second-order valence-electron chi connectivity index (χ2n) is 6.92. The van der Waals surface area contributed by atoms with E-state index in [1.54, 1.807) is 17.7 Å². The van der Waals surface area contributed by atoms with Crippen molar-refractivity contribution in [3.63, 3.8) is 0 Å². The van der Waals surface area contributed by atoms with Crippen LogP contribution in [0.1, 0.15) is 39.0 Å². The lowest BCUT2D eigenvalue weighted by Gasteiger charge is -2.13. The van der Waals surface area contributed by atoms with Crippen LogP contribution in [0.5, 0.6) is 11.6 Å². The maximum absolute atomic E-state index is 11.6. The van der Waals surface area contributed by atoms with Crippen LogP contribution in [0.2, 0.25) is 0 Å². The van der Waals surface area contributed by atoms with Crippen LogP contribution in [0.15, 0.2) is 39.5 Å². The zero-order valence-electron chi connectivity index (χ0n) is 17.1. The van der Waals surface area contributed by atoms with E-state index < -0.39 is 0 Å². The van der Waals surface area contributed by atoms with E-state index in [0.717, 1.165) is 17.0 Å². The molecule has 1 aromatic carbocycles. The van der Waals surface area contributed by atoms with Gasteiger partial charge >= 0.3 is 5.63 Å². The summed E-state index contributed by atoms with van der Waals surface area (Å²) in [4.78, 5) is 11.6. The normalized spacial score (nSPS) is 10.9. The molecule has 2 heterocycles. The number of benzene rings is 1. The van der Waals surface area contributed by atoms with Gasteiger partial charge in [0.05, 0.1) is 28.9 Å². The van der Waals surface area contributed by atoms with Crippen LogP contribution in [-0.2, 0) is 7.05 Å². The fraction of sp³-hybridized carbons (Fsp3) is 0.429. The summed E-state index contributed by atoms with van der Waals surface area (Å²) < 4.78 is 18.1. The number of fused-ring (bicyclic) bond motifs is 1. The lowest BCUT2D eigenvalue weighted by atomic mass is 10.1. The fourth-order valence-electron chi connectivity index (χ4n) is 2.54. The van der Waals surface area contributed by atoms with Gasteiger partial charge in [0.1, 0.15) is 11.3 Å². The summed E-state index contributed by atoms with van der Waals surface area (Å²) in [6.45, 7) is 11.5. The predicted molar refractivity (Wildman–Crippen MR) is 107 cm³/mol. The lowest BCUT2D eigenvalue weighted by Crippen LogP contribution is -2.12. The van der Waals surface area contributed by atoms with E-state index in [9.17, 15) is 4.79 Å². The highest BCUT2D eigenvalue weighted by Gasteiger charge is 2.12. The summed E-state index contributed by atoms with van der Waals surface area (Å²) in [7, 11) is 1.88. The number of hydrogen-bond donors (Lipinski definition) is 0. The molecule has 146 valence electrons. The Morgan fingerprint density at radius 2 is 1.67 bits per heavy atom. The molecule has 27 heavy (non-hydrogen) atoms. The summed E-state index contributed by atoms with van der Waals surface area (Å²) in [5, 5.41) is 5.00. The quantitative estimate of drug-likeness (QED) is 0.635. The molecule has 6 nitrogen and oxygen atoms in total. The molecule has 0 radical (unpaired) electrons. The van der Waals surface area contributed by atoms with Gasteiger partial charge in [-0.05, 0) is 53.7 Å². The van der Waals surface area contributed by atoms with Crippen molar-refractivity contribution in [3.05, 3.63) is 52.0 Å². The van der Waals surface area contributed by atoms with Crippen LogP contribution >= 0.6 is 0 Å². The smallest absolute Gasteiger partial charge is 0.342 e. The monoisotopic (exact) mass is 372 g/mol. The Bertz CT molecular complexity index is 954. The molecule has 2 aromatic heterocycles. The van der Waals surface area contributed by atoms with Crippen LogP contribution in [0, 0.1) is 13.8 Å². The van der Waals surface area contributed by atoms with E-state index >= 15 is 0 Å². The third-order valence-electron chi connectivity index (χ3n) is 3.65. The van der Waals surface area contributed by atoms with Crippen LogP contribution in [0.25, 0.3) is 11.0 Å². The molecule has 0 aliphatic heterocycles. The first kappa shape index (κ1) is 20.6. The van der Waals surface area contributed by atoms with Gasteiger partial charge in [0.15, 0.2) is 0 Å². The zero-order chi connectivity index (χ0) is 20.1. The topological polar surface area (TPSA) is 66.5 Å².